The monoisotopic (exact) mass is 285 g/mol. The number of aromatic nitrogens is 2. The van der Waals surface area contributed by atoms with E-state index < -0.39 is 0 Å². The van der Waals surface area contributed by atoms with Crippen molar-refractivity contribution in [2.45, 2.75) is 18.9 Å². The van der Waals surface area contributed by atoms with Crippen molar-refractivity contribution in [3.8, 4) is 0 Å². The summed E-state index contributed by atoms with van der Waals surface area (Å²) in [6.07, 6.45) is 0.962. The Morgan fingerprint density at radius 3 is 2.71 bits per heavy atom. The smallest absolute Gasteiger partial charge is 0.150 e. The van der Waals surface area contributed by atoms with E-state index in [0.29, 0.717) is 6.61 Å². The zero-order valence-corrected chi connectivity index (χ0v) is 12.2. The van der Waals surface area contributed by atoms with E-state index in [4.69, 9.17) is 14.5 Å². The normalized spacial score (nSPS) is 25.9. The summed E-state index contributed by atoms with van der Waals surface area (Å²) in [6.45, 7) is 5.91. The average Bonchev–Trinajstić information content (AvgIpc) is 2.94. The zero-order valence-electron chi connectivity index (χ0n) is 12.2. The summed E-state index contributed by atoms with van der Waals surface area (Å²) in [5, 5.41) is 0. The fourth-order valence-corrected chi connectivity index (χ4v) is 3.23. The van der Waals surface area contributed by atoms with E-state index in [9.17, 15) is 0 Å². The van der Waals surface area contributed by atoms with Crippen LogP contribution in [0.4, 0.5) is 5.82 Å². The average molecular weight is 285 g/mol. The van der Waals surface area contributed by atoms with Gasteiger partial charge in [0.05, 0.1) is 36.5 Å². The first-order valence-corrected chi connectivity index (χ1v) is 7.46. The van der Waals surface area contributed by atoms with Crippen LogP contribution in [-0.2, 0) is 9.47 Å². The Labute approximate surface area is 123 Å². The minimum absolute atomic E-state index is 0.155. The highest BCUT2D eigenvalue weighted by Gasteiger charge is 2.41. The number of para-hydroxylation sites is 2. The van der Waals surface area contributed by atoms with Crippen LogP contribution in [0.25, 0.3) is 11.0 Å². The predicted octanol–water partition coefficient (Wildman–Crippen LogP) is 1.93. The molecule has 3 heterocycles. The number of rotatable bonds is 1. The molecule has 1 atom stereocenters. The summed E-state index contributed by atoms with van der Waals surface area (Å²) in [5.74, 6) is 0.975. The van der Waals surface area contributed by atoms with Gasteiger partial charge in [-0.1, -0.05) is 12.1 Å². The van der Waals surface area contributed by atoms with Gasteiger partial charge in [-0.2, -0.15) is 0 Å². The van der Waals surface area contributed by atoms with Crippen LogP contribution in [0.5, 0.6) is 0 Å². The van der Waals surface area contributed by atoms with Crippen molar-refractivity contribution in [3.05, 3.63) is 30.0 Å². The van der Waals surface area contributed by atoms with Crippen LogP contribution in [0, 0.1) is 6.92 Å². The zero-order chi connectivity index (χ0) is 14.3. The van der Waals surface area contributed by atoms with Crippen molar-refractivity contribution in [1.82, 2.24) is 9.97 Å². The van der Waals surface area contributed by atoms with E-state index in [1.165, 1.54) is 0 Å². The van der Waals surface area contributed by atoms with Gasteiger partial charge in [-0.15, -0.1) is 0 Å². The van der Waals surface area contributed by atoms with Crippen LogP contribution in [0.1, 0.15) is 12.1 Å². The van der Waals surface area contributed by atoms with Crippen molar-refractivity contribution >= 4 is 16.9 Å². The molecule has 2 aliphatic heterocycles. The van der Waals surface area contributed by atoms with Gasteiger partial charge >= 0.3 is 0 Å². The van der Waals surface area contributed by atoms with Gasteiger partial charge in [-0.05, 0) is 19.1 Å². The first-order valence-electron chi connectivity index (χ1n) is 7.46. The van der Waals surface area contributed by atoms with Crippen molar-refractivity contribution in [2.24, 2.45) is 0 Å². The fourth-order valence-electron chi connectivity index (χ4n) is 3.23. The molecule has 0 amide bonds. The van der Waals surface area contributed by atoms with Gasteiger partial charge in [-0.3, -0.25) is 0 Å². The minimum atomic E-state index is -0.155. The third kappa shape index (κ3) is 2.26. The van der Waals surface area contributed by atoms with Gasteiger partial charge < -0.3 is 14.4 Å². The van der Waals surface area contributed by atoms with Crippen LogP contribution < -0.4 is 4.90 Å². The third-order valence-corrected chi connectivity index (χ3v) is 4.33. The molecule has 0 saturated carbocycles. The largest absolute Gasteiger partial charge is 0.378 e. The quantitative estimate of drug-likeness (QED) is 0.801. The maximum absolute atomic E-state index is 5.99. The lowest BCUT2D eigenvalue weighted by Crippen LogP contribution is -2.53. The molecule has 110 valence electrons. The van der Waals surface area contributed by atoms with Crippen molar-refractivity contribution in [2.75, 3.05) is 37.8 Å². The van der Waals surface area contributed by atoms with E-state index in [-0.39, 0.29) is 5.60 Å². The lowest BCUT2D eigenvalue weighted by molar-refractivity contribution is -0.0581. The van der Waals surface area contributed by atoms with E-state index in [1.54, 1.807) is 0 Å². The number of nitrogens with zero attached hydrogens (tertiary/aromatic N) is 3. The molecule has 2 aromatic rings. The molecular formula is C16H19N3O2. The van der Waals surface area contributed by atoms with E-state index in [1.807, 2.05) is 31.2 Å². The number of hydrogen-bond acceptors (Lipinski definition) is 5. The number of hydrogen-bond donors (Lipinski definition) is 0. The summed E-state index contributed by atoms with van der Waals surface area (Å²) < 4.78 is 11.5. The van der Waals surface area contributed by atoms with Crippen molar-refractivity contribution in [3.63, 3.8) is 0 Å². The SMILES string of the molecule is Cc1nc2ccccc2nc1N1CCOC2(CCOC2)C1. The Bertz CT molecular complexity index is 668. The van der Waals surface area contributed by atoms with Crippen LogP contribution in [-0.4, -0.2) is 48.5 Å². The molecule has 0 bridgehead atoms. The van der Waals surface area contributed by atoms with E-state index in [0.717, 1.165) is 55.3 Å². The Balaban J connectivity index is 1.70. The maximum atomic E-state index is 5.99. The molecule has 0 radical (unpaired) electrons. The molecule has 1 unspecified atom stereocenters. The van der Waals surface area contributed by atoms with Crippen molar-refractivity contribution < 1.29 is 9.47 Å². The standard InChI is InChI=1S/C16H19N3O2/c1-12-15(18-14-5-3-2-4-13(14)17-12)19-7-9-21-16(10-19)6-8-20-11-16/h2-5H,6-11H2,1H3. The molecule has 2 saturated heterocycles. The fraction of sp³-hybridized carbons (Fsp3) is 0.500. The lowest BCUT2D eigenvalue weighted by atomic mass is 10.0. The number of benzene rings is 1. The Hall–Kier alpha value is -1.72. The highest BCUT2D eigenvalue weighted by molar-refractivity contribution is 5.76. The topological polar surface area (TPSA) is 47.5 Å². The Morgan fingerprint density at radius 1 is 1.14 bits per heavy atom. The Kier molecular flexibility index (Phi) is 3.05. The van der Waals surface area contributed by atoms with Crippen LogP contribution in [0.3, 0.4) is 0 Å². The summed E-state index contributed by atoms with van der Waals surface area (Å²) >= 11 is 0. The minimum Gasteiger partial charge on any atom is -0.378 e. The first-order chi connectivity index (χ1) is 10.3. The molecule has 5 heteroatoms. The van der Waals surface area contributed by atoms with Gasteiger partial charge in [0.1, 0.15) is 5.60 Å². The molecular weight excluding hydrogens is 266 g/mol. The molecule has 1 aromatic heterocycles. The first kappa shape index (κ1) is 13.0. The summed E-state index contributed by atoms with van der Waals surface area (Å²) in [7, 11) is 0. The highest BCUT2D eigenvalue weighted by atomic mass is 16.6. The van der Waals surface area contributed by atoms with Crippen LogP contribution in [0.15, 0.2) is 24.3 Å². The molecule has 2 aliphatic rings. The molecule has 1 spiro atoms. The van der Waals surface area contributed by atoms with Gasteiger partial charge in [0, 0.05) is 19.6 Å². The van der Waals surface area contributed by atoms with Gasteiger partial charge in [-0.25, -0.2) is 9.97 Å². The summed E-state index contributed by atoms with van der Waals surface area (Å²) in [5.41, 5.74) is 2.72. The van der Waals surface area contributed by atoms with Gasteiger partial charge in [0.15, 0.2) is 5.82 Å². The van der Waals surface area contributed by atoms with Gasteiger partial charge in [0.25, 0.3) is 0 Å². The van der Waals surface area contributed by atoms with E-state index >= 15 is 0 Å². The number of fused-ring (bicyclic) bond motifs is 1. The Morgan fingerprint density at radius 2 is 1.95 bits per heavy atom. The molecule has 5 nitrogen and oxygen atoms in total. The summed E-state index contributed by atoms with van der Waals surface area (Å²) in [4.78, 5) is 11.8. The molecule has 1 aromatic carbocycles. The number of aryl methyl sites for hydroxylation is 1. The molecule has 0 N–H and O–H groups in total. The summed E-state index contributed by atoms with van der Waals surface area (Å²) in [6, 6.07) is 8.02. The lowest BCUT2D eigenvalue weighted by Gasteiger charge is -2.40. The van der Waals surface area contributed by atoms with Crippen LogP contribution >= 0.6 is 0 Å². The molecule has 21 heavy (non-hydrogen) atoms. The highest BCUT2D eigenvalue weighted by Crippen LogP contribution is 2.30. The second kappa shape index (κ2) is 4.93. The number of ether oxygens (including phenoxy) is 2. The number of morpholine rings is 1. The molecule has 4 rings (SSSR count). The molecule has 0 aliphatic carbocycles. The van der Waals surface area contributed by atoms with Gasteiger partial charge in [0.2, 0.25) is 0 Å². The second-order valence-electron chi connectivity index (χ2n) is 5.88. The maximum Gasteiger partial charge on any atom is 0.150 e. The number of anilines is 1. The van der Waals surface area contributed by atoms with E-state index in [2.05, 4.69) is 9.88 Å². The van der Waals surface area contributed by atoms with Crippen LogP contribution in [0.2, 0.25) is 0 Å². The third-order valence-electron chi connectivity index (χ3n) is 4.33. The van der Waals surface area contributed by atoms with Crippen molar-refractivity contribution in [1.29, 1.82) is 0 Å². The molecule has 2 fully saturated rings. The predicted molar refractivity (Wildman–Crippen MR) is 80.6 cm³/mol. The second-order valence-corrected chi connectivity index (χ2v) is 5.88.